The molecule has 94 valence electrons. The minimum Gasteiger partial charge on any atom is -0.467 e. The minimum absolute atomic E-state index is 0.0945. The van der Waals surface area contributed by atoms with E-state index in [-0.39, 0.29) is 11.3 Å². The molecule has 2 heterocycles. The summed E-state index contributed by atoms with van der Waals surface area (Å²) in [6, 6.07) is 0.185. The van der Waals surface area contributed by atoms with Crippen LogP contribution in [0, 0.1) is 0 Å². The molecular weight excluding hydrogens is 244 g/mol. The second kappa shape index (κ2) is 4.62. The molecule has 2 rings (SSSR count). The molecule has 0 bridgehead atoms. The molecule has 17 heavy (non-hydrogen) atoms. The topological polar surface area (TPSA) is 71.4 Å². The number of β-amino-alcohol motifs (C(OH)–C–C–N with tert-alkyl or cyclic N) is 1. The Labute approximate surface area is 105 Å². The highest BCUT2D eigenvalue weighted by molar-refractivity contribution is 6.28. The average Bonchev–Trinajstić information content (AvgIpc) is 2.27. The normalized spacial score (nSPS) is 24.8. The SMILES string of the molecule is COc1nc(Cl)nc(N2CCCC(C)(O)C2)n1. The van der Waals surface area contributed by atoms with Crippen molar-refractivity contribution in [2.75, 3.05) is 25.1 Å². The van der Waals surface area contributed by atoms with Crippen LogP contribution in [0.3, 0.4) is 0 Å². The number of halogens is 1. The smallest absolute Gasteiger partial charge is 0.322 e. The van der Waals surface area contributed by atoms with Crippen molar-refractivity contribution in [2.24, 2.45) is 0 Å². The van der Waals surface area contributed by atoms with Gasteiger partial charge in [0.15, 0.2) is 0 Å². The van der Waals surface area contributed by atoms with Gasteiger partial charge in [-0.25, -0.2) is 0 Å². The van der Waals surface area contributed by atoms with Crippen molar-refractivity contribution in [1.82, 2.24) is 15.0 Å². The van der Waals surface area contributed by atoms with Crippen LogP contribution in [0.1, 0.15) is 19.8 Å². The fourth-order valence-corrected chi connectivity index (χ4v) is 2.09. The summed E-state index contributed by atoms with van der Waals surface area (Å²) in [7, 11) is 1.47. The van der Waals surface area contributed by atoms with E-state index in [9.17, 15) is 5.11 Å². The van der Waals surface area contributed by atoms with Gasteiger partial charge in [0.05, 0.1) is 12.7 Å². The van der Waals surface area contributed by atoms with Crippen molar-refractivity contribution in [3.8, 4) is 6.01 Å². The molecule has 0 aliphatic carbocycles. The van der Waals surface area contributed by atoms with E-state index in [2.05, 4.69) is 15.0 Å². The summed E-state index contributed by atoms with van der Waals surface area (Å²) in [5.74, 6) is 0.446. The third kappa shape index (κ3) is 2.95. The van der Waals surface area contributed by atoms with Crippen molar-refractivity contribution in [3.63, 3.8) is 0 Å². The van der Waals surface area contributed by atoms with Crippen LogP contribution in [0.4, 0.5) is 5.95 Å². The molecule has 1 fully saturated rings. The van der Waals surface area contributed by atoms with Gasteiger partial charge in [-0.3, -0.25) is 0 Å². The number of aromatic nitrogens is 3. The maximum absolute atomic E-state index is 10.0. The first-order valence-electron chi connectivity index (χ1n) is 5.43. The Bertz CT molecular complexity index is 413. The molecule has 1 aromatic heterocycles. The van der Waals surface area contributed by atoms with Crippen LogP contribution in [0.15, 0.2) is 0 Å². The molecule has 1 aromatic rings. The lowest BCUT2D eigenvalue weighted by Gasteiger charge is -2.36. The van der Waals surface area contributed by atoms with E-state index in [1.165, 1.54) is 7.11 Å². The lowest BCUT2D eigenvalue weighted by molar-refractivity contribution is 0.0444. The second-order valence-electron chi connectivity index (χ2n) is 4.41. The number of rotatable bonds is 2. The van der Waals surface area contributed by atoms with Crippen LogP contribution in [-0.2, 0) is 0 Å². The summed E-state index contributed by atoms with van der Waals surface area (Å²) in [6.07, 6.45) is 1.66. The fraction of sp³-hybridized carbons (Fsp3) is 0.700. The van der Waals surface area contributed by atoms with E-state index in [4.69, 9.17) is 16.3 Å². The van der Waals surface area contributed by atoms with Crippen molar-refractivity contribution >= 4 is 17.5 Å². The third-order valence-electron chi connectivity index (χ3n) is 2.72. The van der Waals surface area contributed by atoms with E-state index in [0.717, 1.165) is 19.4 Å². The fourth-order valence-electron chi connectivity index (χ4n) is 1.95. The molecule has 1 aliphatic heterocycles. The molecule has 1 unspecified atom stereocenters. The first kappa shape index (κ1) is 12.3. The number of nitrogens with zero attached hydrogens (tertiary/aromatic N) is 4. The van der Waals surface area contributed by atoms with Gasteiger partial charge in [-0.2, -0.15) is 15.0 Å². The second-order valence-corrected chi connectivity index (χ2v) is 4.75. The zero-order chi connectivity index (χ0) is 12.5. The van der Waals surface area contributed by atoms with Gasteiger partial charge in [0.25, 0.3) is 0 Å². The Hall–Kier alpha value is -1.14. The molecule has 1 saturated heterocycles. The minimum atomic E-state index is -0.718. The maximum atomic E-state index is 10.0. The predicted molar refractivity (Wildman–Crippen MR) is 63.5 cm³/mol. The van der Waals surface area contributed by atoms with Crippen molar-refractivity contribution in [2.45, 2.75) is 25.4 Å². The quantitative estimate of drug-likeness (QED) is 0.849. The van der Waals surface area contributed by atoms with Crippen LogP contribution in [0.25, 0.3) is 0 Å². The van der Waals surface area contributed by atoms with Crippen molar-refractivity contribution in [3.05, 3.63) is 5.28 Å². The van der Waals surface area contributed by atoms with E-state index < -0.39 is 5.60 Å². The van der Waals surface area contributed by atoms with Gasteiger partial charge in [0.2, 0.25) is 11.2 Å². The number of piperidine rings is 1. The van der Waals surface area contributed by atoms with Crippen LogP contribution in [-0.4, -0.2) is 45.9 Å². The number of aliphatic hydroxyl groups is 1. The largest absolute Gasteiger partial charge is 0.467 e. The zero-order valence-electron chi connectivity index (χ0n) is 9.85. The van der Waals surface area contributed by atoms with E-state index in [0.29, 0.717) is 12.5 Å². The average molecular weight is 259 g/mol. The summed E-state index contributed by atoms with van der Waals surface area (Å²) >= 11 is 5.79. The van der Waals surface area contributed by atoms with Crippen LogP contribution in [0.2, 0.25) is 5.28 Å². The number of ether oxygens (including phenoxy) is 1. The Balaban J connectivity index is 2.24. The molecular formula is C10H15ClN4O2. The molecule has 0 aromatic carbocycles. The Morgan fingerprint density at radius 3 is 2.82 bits per heavy atom. The number of hydrogen-bond acceptors (Lipinski definition) is 6. The van der Waals surface area contributed by atoms with Crippen molar-refractivity contribution in [1.29, 1.82) is 0 Å². The van der Waals surface area contributed by atoms with E-state index in [1.54, 1.807) is 6.92 Å². The van der Waals surface area contributed by atoms with Gasteiger partial charge in [-0.1, -0.05) is 0 Å². The van der Waals surface area contributed by atoms with Crippen molar-refractivity contribution < 1.29 is 9.84 Å². The lowest BCUT2D eigenvalue weighted by atomic mass is 9.95. The highest BCUT2D eigenvalue weighted by atomic mass is 35.5. The highest BCUT2D eigenvalue weighted by Gasteiger charge is 2.30. The Morgan fingerprint density at radius 2 is 2.18 bits per heavy atom. The van der Waals surface area contributed by atoms with Crippen LogP contribution >= 0.6 is 11.6 Å². The van der Waals surface area contributed by atoms with Gasteiger partial charge in [-0.05, 0) is 31.4 Å². The third-order valence-corrected chi connectivity index (χ3v) is 2.89. The zero-order valence-corrected chi connectivity index (χ0v) is 10.6. The molecule has 0 radical (unpaired) electrons. The summed E-state index contributed by atoms with van der Waals surface area (Å²) in [5, 5.41) is 10.1. The standard InChI is InChI=1S/C10H15ClN4O2/c1-10(16)4-3-5-15(6-10)8-12-7(11)13-9(14-8)17-2/h16H,3-6H2,1-2H3. The summed E-state index contributed by atoms with van der Waals surface area (Å²) in [6.45, 7) is 3.08. The summed E-state index contributed by atoms with van der Waals surface area (Å²) in [5.41, 5.74) is -0.718. The molecule has 7 heteroatoms. The Kier molecular flexibility index (Phi) is 3.35. The Morgan fingerprint density at radius 1 is 1.41 bits per heavy atom. The monoisotopic (exact) mass is 258 g/mol. The van der Waals surface area contributed by atoms with Crippen LogP contribution in [0.5, 0.6) is 6.01 Å². The predicted octanol–water partition coefficient (Wildman–Crippen LogP) is 0.885. The first-order valence-corrected chi connectivity index (χ1v) is 5.81. The number of hydrogen-bond donors (Lipinski definition) is 1. The molecule has 0 spiro atoms. The van der Waals surface area contributed by atoms with Gasteiger partial charge < -0.3 is 14.7 Å². The molecule has 1 atom stereocenters. The van der Waals surface area contributed by atoms with E-state index in [1.807, 2.05) is 4.90 Å². The van der Waals surface area contributed by atoms with Gasteiger partial charge in [0, 0.05) is 13.1 Å². The lowest BCUT2D eigenvalue weighted by Crippen LogP contribution is -2.46. The van der Waals surface area contributed by atoms with Crippen LogP contribution < -0.4 is 9.64 Å². The maximum Gasteiger partial charge on any atom is 0.322 e. The molecule has 0 amide bonds. The van der Waals surface area contributed by atoms with E-state index >= 15 is 0 Å². The molecule has 1 aliphatic rings. The molecule has 6 nitrogen and oxygen atoms in total. The number of methoxy groups -OCH3 is 1. The number of anilines is 1. The highest BCUT2D eigenvalue weighted by Crippen LogP contribution is 2.24. The first-order chi connectivity index (χ1) is 8.00. The molecule has 1 N–H and O–H groups in total. The van der Waals surface area contributed by atoms with Gasteiger partial charge >= 0.3 is 6.01 Å². The summed E-state index contributed by atoms with van der Waals surface area (Å²) in [4.78, 5) is 13.9. The van der Waals surface area contributed by atoms with Gasteiger partial charge in [0.1, 0.15) is 0 Å². The van der Waals surface area contributed by atoms with Gasteiger partial charge in [-0.15, -0.1) is 0 Å². The molecule has 0 saturated carbocycles. The summed E-state index contributed by atoms with van der Waals surface area (Å²) < 4.78 is 4.94.